The maximum absolute atomic E-state index is 12.4. The molecule has 1 heterocycles. The molecule has 0 saturated heterocycles. The molecule has 0 bridgehead atoms. The molecule has 2 aromatic carbocycles. The molecule has 0 unspecified atom stereocenters. The van der Waals surface area contributed by atoms with Crippen LogP contribution in [0.4, 0.5) is 11.6 Å². The number of aromatic nitrogens is 2. The molecular formula is C19H16Cl2N4O. The van der Waals surface area contributed by atoms with Crippen LogP contribution in [0.5, 0.6) is 0 Å². The third-order valence-electron chi connectivity index (χ3n) is 3.68. The van der Waals surface area contributed by atoms with E-state index in [-0.39, 0.29) is 11.6 Å². The number of nitrogens with one attached hydrogen (secondary N) is 2. The second-order valence-electron chi connectivity index (χ2n) is 5.66. The Morgan fingerprint density at radius 3 is 2.58 bits per heavy atom. The summed E-state index contributed by atoms with van der Waals surface area (Å²) in [5, 5.41) is 7.14. The van der Waals surface area contributed by atoms with Gasteiger partial charge in [0.05, 0.1) is 0 Å². The number of aryl methyl sites for hydroxylation is 1. The Labute approximate surface area is 161 Å². The number of carbonyl (C=O) groups is 1. The third-order valence-corrected chi connectivity index (χ3v) is 4.34. The molecule has 0 aliphatic heterocycles. The summed E-state index contributed by atoms with van der Waals surface area (Å²) in [6.45, 7) is 2.42. The molecule has 26 heavy (non-hydrogen) atoms. The number of anilines is 2. The van der Waals surface area contributed by atoms with E-state index < -0.39 is 0 Å². The van der Waals surface area contributed by atoms with Gasteiger partial charge in [0.15, 0.2) is 0 Å². The maximum Gasteiger partial charge on any atom is 0.274 e. The third kappa shape index (κ3) is 4.71. The molecule has 0 aliphatic rings. The van der Waals surface area contributed by atoms with Gasteiger partial charge in [-0.1, -0.05) is 41.4 Å². The largest absolute Gasteiger partial charge is 0.350 e. The van der Waals surface area contributed by atoms with Crippen molar-refractivity contribution < 1.29 is 4.79 Å². The topological polar surface area (TPSA) is 66.9 Å². The second kappa shape index (κ2) is 8.17. The summed E-state index contributed by atoms with van der Waals surface area (Å²) in [5.41, 5.74) is 2.85. The van der Waals surface area contributed by atoms with Crippen molar-refractivity contribution in [2.45, 2.75) is 13.5 Å². The zero-order valence-electron chi connectivity index (χ0n) is 14.0. The number of hydrogen-bond acceptors (Lipinski definition) is 4. The average Bonchev–Trinajstić information content (AvgIpc) is 2.64. The second-order valence-corrected chi connectivity index (χ2v) is 6.51. The standard InChI is InChI=1S/C19H16Cl2N4O/c1-12-2-7-15(10-16(12)21)24-18(26)17-8-9-22-19(25-17)23-11-13-3-5-14(20)6-4-13/h2-10H,11H2,1H3,(H,24,26)(H,22,23,25). The van der Waals surface area contributed by atoms with Crippen LogP contribution in [-0.2, 0) is 6.54 Å². The molecule has 1 amide bonds. The van der Waals surface area contributed by atoms with Gasteiger partial charge in [0.25, 0.3) is 5.91 Å². The van der Waals surface area contributed by atoms with Crippen LogP contribution >= 0.6 is 23.2 Å². The molecule has 132 valence electrons. The predicted octanol–water partition coefficient (Wildman–Crippen LogP) is 4.96. The highest BCUT2D eigenvalue weighted by Crippen LogP contribution is 2.20. The summed E-state index contributed by atoms with van der Waals surface area (Å²) >= 11 is 12.0. The van der Waals surface area contributed by atoms with E-state index in [1.54, 1.807) is 18.2 Å². The van der Waals surface area contributed by atoms with E-state index in [1.165, 1.54) is 6.20 Å². The van der Waals surface area contributed by atoms with Crippen LogP contribution in [0.1, 0.15) is 21.6 Å². The van der Waals surface area contributed by atoms with E-state index in [0.717, 1.165) is 11.1 Å². The molecule has 3 rings (SSSR count). The number of amides is 1. The molecule has 0 spiro atoms. The molecule has 0 saturated carbocycles. The Morgan fingerprint density at radius 2 is 1.85 bits per heavy atom. The fourth-order valence-electron chi connectivity index (χ4n) is 2.22. The van der Waals surface area contributed by atoms with Gasteiger partial charge in [-0.3, -0.25) is 4.79 Å². The van der Waals surface area contributed by atoms with Gasteiger partial charge in [0, 0.05) is 28.5 Å². The summed E-state index contributed by atoms with van der Waals surface area (Å²) in [4.78, 5) is 20.8. The average molecular weight is 387 g/mol. The van der Waals surface area contributed by atoms with Crippen LogP contribution in [0.3, 0.4) is 0 Å². The van der Waals surface area contributed by atoms with Crippen LogP contribution in [-0.4, -0.2) is 15.9 Å². The first-order chi connectivity index (χ1) is 12.5. The Kier molecular flexibility index (Phi) is 5.71. The van der Waals surface area contributed by atoms with Crippen LogP contribution in [0, 0.1) is 6.92 Å². The zero-order chi connectivity index (χ0) is 18.5. The Hall–Kier alpha value is -2.63. The fourth-order valence-corrected chi connectivity index (χ4v) is 2.53. The smallest absolute Gasteiger partial charge is 0.274 e. The lowest BCUT2D eigenvalue weighted by molar-refractivity contribution is 0.102. The first-order valence-corrected chi connectivity index (χ1v) is 8.66. The Balaban J connectivity index is 1.66. The van der Waals surface area contributed by atoms with Crippen LogP contribution in [0.2, 0.25) is 10.0 Å². The number of benzene rings is 2. The van der Waals surface area contributed by atoms with E-state index in [4.69, 9.17) is 23.2 Å². The number of nitrogens with zero attached hydrogens (tertiary/aromatic N) is 2. The van der Waals surface area contributed by atoms with Gasteiger partial charge in [-0.25, -0.2) is 9.97 Å². The van der Waals surface area contributed by atoms with Gasteiger partial charge in [-0.2, -0.15) is 0 Å². The monoisotopic (exact) mass is 386 g/mol. The van der Waals surface area contributed by atoms with Gasteiger partial charge in [0.1, 0.15) is 5.69 Å². The van der Waals surface area contributed by atoms with Gasteiger partial charge < -0.3 is 10.6 Å². The highest BCUT2D eigenvalue weighted by Gasteiger charge is 2.10. The number of halogens is 2. The van der Waals surface area contributed by atoms with Crippen molar-refractivity contribution >= 4 is 40.7 Å². The van der Waals surface area contributed by atoms with Gasteiger partial charge >= 0.3 is 0 Å². The molecule has 1 aromatic heterocycles. The zero-order valence-corrected chi connectivity index (χ0v) is 15.5. The van der Waals surface area contributed by atoms with E-state index >= 15 is 0 Å². The van der Waals surface area contributed by atoms with E-state index in [2.05, 4.69) is 20.6 Å². The van der Waals surface area contributed by atoms with Gasteiger partial charge in [-0.15, -0.1) is 0 Å². The van der Waals surface area contributed by atoms with Crippen molar-refractivity contribution in [2.75, 3.05) is 10.6 Å². The maximum atomic E-state index is 12.4. The molecule has 2 N–H and O–H groups in total. The quantitative estimate of drug-likeness (QED) is 0.650. The molecule has 7 heteroatoms. The van der Waals surface area contributed by atoms with E-state index in [1.807, 2.05) is 37.3 Å². The van der Waals surface area contributed by atoms with E-state index in [9.17, 15) is 4.79 Å². The lowest BCUT2D eigenvalue weighted by atomic mass is 10.2. The highest BCUT2D eigenvalue weighted by atomic mass is 35.5. The molecular weight excluding hydrogens is 371 g/mol. The number of carbonyl (C=O) groups excluding carboxylic acids is 1. The predicted molar refractivity (Wildman–Crippen MR) is 105 cm³/mol. The first kappa shape index (κ1) is 18.2. The summed E-state index contributed by atoms with van der Waals surface area (Å²) < 4.78 is 0. The van der Waals surface area contributed by atoms with Crippen molar-refractivity contribution in [3.8, 4) is 0 Å². The van der Waals surface area contributed by atoms with Crippen LogP contribution in [0.15, 0.2) is 54.7 Å². The van der Waals surface area contributed by atoms with E-state index in [0.29, 0.717) is 28.2 Å². The van der Waals surface area contributed by atoms with Crippen molar-refractivity contribution in [3.63, 3.8) is 0 Å². The minimum Gasteiger partial charge on any atom is -0.350 e. The molecule has 5 nitrogen and oxygen atoms in total. The van der Waals surface area contributed by atoms with Crippen LogP contribution < -0.4 is 10.6 Å². The Bertz CT molecular complexity index is 929. The minimum atomic E-state index is -0.332. The first-order valence-electron chi connectivity index (χ1n) is 7.90. The van der Waals surface area contributed by atoms with Crippen molar-refractivity contribution in [1.82, 2.24) is 9.97 Å². The molecule has 0 fully saturated rings. The number of rotatable bonds is 5. The normalized spacial score (nSPS) is 10.4. The molecule has 3 aromatic rings. The van der Waals surface area contributed by atoms with Crippen molar-refractivity contribution in [2.24, 2.45) is 0 Å². The van der Waals surface area contributed by atoms with Crippen molar-refractivity contribution in [3.05, 3.63) is 81.6 Å². The van der Waals surface area contributed by atoms with Gasteiger partial charge in [0.2, 0.25) is 5.95 Å². The van der Waals surface area contributed by atoms with Crippen molar-refractivity contribution in [1.29, 1.82) is 0 Å². The highest BCUT2D eigenvalue weighted by molar-refractivity contribution is 6.31. The summed E-state index contributed by atoms with van der Waals surface area (Å²) in [5.74, 6) is 0.0383. The summed E-state index contributed by atoms with van der Waals surface area (Å²) in [6.07, 6.45) is 1.54. The molecule has 0 aliphatic carbocycles. The van der Waals surface area contributed by atoms with Gasteiger partial charge in [-0.05, 0) is 48.4 Å². The fraction of sp³-hybridized carbons (Fsp3) is 0.105. The molecule has 0 radical (unpaired) electrons. The Morgan fingerprint density at radius 1 is 1.08 bits per heavy atom. The number of hydrogen-bond donors (Lipinski definition) is 2. The lowest BCUT2D eigenvalue weighted by Crippen LogP contribution is -2.15. The SMILES string of the molecule is Cc1ccc(NC(=O)c2ccnc(NCc3ccc(Cl)cc3)n2)cc1Cl. The minimum absolute atomic E-state index is 0.260. The van der Waals surface area contributed by atoms with Crippen LogP contribution in [0.25, 0.3) is 0 Å². The summed E-state index contributed by atoms with van der Waals surface area (Å²) in [6, 6.07) is 14.3. The molecule has 0 atom stereocenters. The lowest BCUT2D eigenvalue weighted by Gasteiger charge is -2.08. The summed E-state index contributed by atoms with van der Waals surface area (Å²) in [7, 11) is 0.